The van der Waals surface area contributed by atoms with E-state index in [-0.39, 0.29) is 53.4 Å². The van der Waals surface area contributed by atoms with Crippen LogP contribution in [-0.4, -0.2) is 180 Å². The van der Waals surface area contributed by atoms with Crippen LogP contribution in [0.4, 0.5) is 17.1 Å². The van der Waals surface area contributed by atoms with Gasteiger partial charge in [0.25, 0.3) is 17.7 Å². The summed E-state index contributed by atoms with van der Waals surface area (Å²) in [6.07, 6.45) is -18.1. The fraction of sp³-hybridized carbons (Fsp3) is 0.400. The number of hydrogen-bond donors (Lipinski definition) is 6. The minimum absolute atomic E-state index is 0.137. The molecule has 99 heavy (non-hydrogen) atoms. The lowest BCUT2D eigenvalue weighted by atomic mass is 10.0. The standard InChI is InChI=1S/3C25H28N4O4/c3*30-23-9-8-22(24(31)27-23)29-16-20-19(25(29)32)2-1-3-21(20)26-14-17-4-6-18(7-5-17)15-28-10-12-33-13-11-28/h3*1-7,22,26H,8-16H2,(H,27,30,31)/t2*22-;/m10./s1/i3*8D2,9D2,14D2. The second-order valence-corrected chi connectivity index (χ2v) is 24.3. The maximum Gasteiger partial charge on any atom is 0.255 e. The van der Waals surface area contributed by atoms with Gasteiger partial charge >= 0.3 is 0 Å². The number of imide groups is 3. The van der Waals surface area contributed by atoms with Crippen molar-refractivity contribution in [3.05, 3.63) is 194 Å². The number of anilines is 3. The smallest absolute Gasteiger partial charge is 0.255 e. The van der Waals surface area contributed by atoms with Crippen LogP contribution in [0.5, 0.6) is 0 Å². The average molecular weight is 1360 g/mol. The van der Waals surface area contributed by atoms with E-state index in [0.29, 0.717) is 73.0 Å². The molecule has 9 amide bonds. The molecule has 9 aliphatic heterocycles. The van der Waals surface area contributed by atoms with Gasteiger partial charge in [-0.3, -0.25) is 73.8 Å². The van der Waals surface area contributed by atoms with Crippen LogP contribution in [0, 0.1) is 0 Å². The first kappa shape index (κ1) is 48.9. The van der Waals surface area contributed by atoms with Crippen molar-refractivity contribution < 1.29 is 82.0 Å². The third kappa shape index (κ3) is 16.4. The van der Waals surface area contributed by atoms with Gasteiger partial charge in [0.2, 0.25) is 35.4 Å². The molecule has 24 nitrogen and oxygen atoms in total. The van der Waals surface area contributed by atoms with E-state index in [1.807, 2.05) is 52.3 Å². The molecule has 0 saturated carbocycles. The molecule has 15 rings (SSSR count). The molecule has 9 aliphatic rings. The summed E-state index contributed by atoms with van der Waals surface area (Å²) < 4.78 is 165. The van der Waals surface area contributed by atoms with Crippen LogP contribution in [0.15, 0.2) is 127 Å². The van der Waals surface area contributed by atoms with Crippen LogP contribution < -0.4 is 31.9 Å². The molecule has 1 unspecified atom stereocenters. The monoisotopic (exact) mass is 1360 g/mol. The van der Waals surface area contributed by atoms with Crippen LogP contribution in [-0.2, 0) is 102 Å². The second-order valence-electron chi connectivity index (χ2n) is 24.3. The lowest BCUT2D eigenvalue weighted by Crippen LogP contribution is -2.52. The van der Waals surface area contributed by atoms with Crippen LogP contribution in [0.3, 0.4) is 0 Å². The number of benzene rings is 6. The number of carbonyl (C=O) groups is 9. The van der Waals surface area contributed by atoms with Gasteiger partial charge in [-0.25, -0.2) is 0 Å². The summed E-state index contributed by atoms with van der Waals surface area (Å²) in [5.74, 6) is -9.66. The minimum atomic E-state index is -3.05. The number of rotatable bonds is 18. The predicted molar refractivity (Wildman–Crippen MR) is 367 cm³/mol. The molecular formula is C75H84N12O12. The molecule has 6 fully saturated rings. The van der Waals surface area contributed by atoms with E-state index in [1.165, 1.54) is 18.2 Å². The van der Waals surface area contributed by atoms with E-state index in [2.05, 4.69) is 30.7 Å². The Morgan fingerprint density at radius 1 is 0.364 bits per heavy atom. The summed E-state index contributed by atoms with van der Waals surface area (Å²) >= 11 is 0. The molecule has 0 spiro atoms. The minimum Gasteiger partial charge on any atom is -0.381 e. The molecule has 6 aromatic carbocycles. The number of piperidine rings is 3. The van der Waals surface area contributed by atoms with E-state index < -0.39 is 129 Å². The van der Waals surface area contributed by atoms with Gasteiger partial charge in [0, 0.05) is 184 Å². The Kier molecular flexibility index (Phi) is 15.5. The SMILES string of the molecule is [2H]C([2H])(Nc1cccc2c1CN(C1C(=O)NC(=O)C([2H])([2H])C1([2H])[2H])C2=O)c1ccc(CN2CCOCC2)cc1.[2H]C([2H])(Nc1cccc2c1CN([C@@H]1C(=O)NC(=O)C([2H])([2H])C1([2H])[2H])C2=O)c1ccc(CN2CCOCC2)cc1.[2H]C([2H])(Nc1cccc2c1CN([C@H]1C(=O)NC(=O)C([2H])([2H])C1([2H])[2H])C2=O)c1ccc(CN2CCOCC2)cc1. The van der Waals surface area contributed by atoms with Crippen molar-refractivity contribution in [1.82, 2.24) is 45.3 Å². The molecule has 6 N–H and O–H groups in total. The van der Waals surface area contributed by atoms with E-state index in [9.17, 15) is 43.2 Å². The molecule has 3 atom stereocenters. The second kappa shape index (κ2) is 31.4. The lowest BCUT2D eigenvalue weighted by Gasteiger charge is -2.29. The Labute approximate surface area is 600 Å². The number of hydrogen-bond acceptors (Lipinski definition) is 18. The molecule has 0 aliphatic carbocycles. The van der Waals surface area contributed by atoms with Gasteiger partial charge in [0.15, 0.2) is 0 Å². The fourth-order valence-corrected chi connectivity index (χ4v) is 12.5. The van der Waals surface area contributed by atoms with Gasteiger partial charge < -0.3 is 44.9 Å². The molecule has 9 heterocycles. The first-order valence-corrected chi connectivity index (χ1v) is 32.4. The Bertz CT molecular complexity index is 4420. The molecule has 6 aromatic rings. The summed E-state index contributed by atoms with van der Waals surface area (Å²) in [6, 6.07) is 29.5. The summed E-state index contributed by atoms with van der Waals surface area (Å²) in [6.45, 7) is 4.42. The van der Waals surface area contributed by atoms with Crippen molar-refractivity contribution in [2.24, 2.45) is 0 Å². The summed E-state index contributed by atoms with van der Waals surface area (Å²) in [4.78, 5) is 123. The Morgan fingerprint density at radius 2 is 0.616 bits per heavy atom. The highest BCUT2D eigenvalue weighted by Crippen LogP contribution is 2.36. The van der Waals surface area contributed by atoms with Gasteiger partial charge in [0.05, 0.1) is 47.9 Å². The first-order valence-electron chi connectivity index (χ1n) is 41.4. The normalized spacial score (nSPS) is 27.3. The van der Waals surface area contributed by atoms with Crippen LogP contribution in [0.25, 0.3) is 0 Å². The van der Waals surface area contributed by atoms with Gasteiger partial charge in [0.1, 0.15) is 18.1 Å². The Hall–Kier alpha value is -9.69. The zero-order chi connectivity index (χ0) is 84.5. The number of amides is 9. The highest BCUT2D eigenvalue weighted by atomic mass is 16.5. The highest BCUT2D eigenvalue weighted by molar-refractivity contribution is 6.08. The molecule has 516 valence electrons. The van der Waals surface area contributed by atoms with E-state index in [1.54, 1.807) is 72.8 Å². The van der Waals surface area contributed by atoms with E-state index >= 15 is 0 Å². The van der Waals surface area contributed by atoms with Crippen LogP contribution in [0.1, 0.15) is 144 Å². The number of carbonyl (C=O) groups excluding carboxylic acids is 9. The topological polar surface area (TPSA) is 273 Å². The van der Waals surface area contributed by atoms with Crippen LogP contribution in [0.2, 0.25) is 0 Å². The van der Waals surface area contributed by atoms with E-state index in [0.717, 1.165) is 90.3 Å². The largest absolute Gasteiger partial charge is 0.381 e. The van der Waals surface area contributed by atoms with Crippen molar-refractivity contribution in [3.63, 3.8) is 0 Å². The van der Waals surface area contributed by atoms with Crippen LogP contribution >= 0.6 is 0 Å². The predicted octanol–water partition coefficient (Wildman–Crippen LogP) is 5.68. The maximum atomic E-state index is 13.2. The number of ether oxygens (including phenoxy) is 3. The third-order valence-electron chi connectivity index (χ3n) is 17.8. The number of nitrogens with zero attached hydrogens (tertiary/aromatic N) is 6. The highest BCUT2D eigenvalue weighted by Gasteiger charge is 2.43. The zero-order valence-electron chi connectivity index (χ0n) is 71.7. The van der Waals surface area contributed by atoms with Gasteiger partial charge in [-0.15, -0.1) is 0 Å². The number of morpholine rings is 3. The van der Waals surface area contributed by atoms with Crippen molar-refractivity contribution in [2.45, 2.75) is 115 Å². The zero-order valence-corrected chi connectivity index (χ0v) is 53.7. The quantitative estimate of drug-likeness (QED) is 0.0565. The Morgan fingerprint density at radius 3 is 0.879 bits per heavy atom. The van der Waals surface area contributed by atoms with E-state index in [4.69, 9.17) is 38.9 Å². The number of nitrogens with one attached hydrogen (secondary N) is 6. The third-order valence-corrected chi connectivity index (χ3v) is 17.8. The lowest BCUT2D eigenvalue weighted by molar-refractivity contribution is -0.138. The molecular weight excluding hydrogens is 1260 g/mol. The summed E-state index contributed by atoms with van der Waals surface area (Å²) in [5, 5.41) is 14.0. The maximum absolute atomic E-state index is 13.2. The molecule has 24 heteroatoms. The van der Waals surface area contributed by atoms with Crippen molar-refractivity contribution >= 4 is 70.2 Å². The van der Waals surface area contributed by atoms with Crippen molar-refractivity contribution in [2.75, 3.05) is 94.9 Å². The summed E-state index contributed by atoms with van der Waals surface area (Å²) in [7, 11) is 0. The van der Waals surface area contributed by atoms with Crippen molar-refractivity contribution in [1.29, 1.82) is 0 Å². The van der Waals surface area contributed by atoms with Gasteiger partial charge in [-0.2, -0.15) is 0 Å². The molecule has 6 saturated heterocycles. The number of fused-ring (bicyclic) bond motifs is 3. The summed E-state index contributed by atoms with van der Waals surface area (Å²) in [5.41, 5.74) is 6.48. The first-order chi connectivity index (χ1) is 55.0. The van der Waals surface area contributed by atoms with Gasteiger partial charge in [-0.05, 0) is 88.9 Å². The van der Waals surface area contributed by atoms with Gasteiger partial charge in [-0.1, -0.05) is 91.0 Å². The van der Waals surface area contributed by atoms with Crippen molar-refractivity contribution in [3.8, 4) is 0 Å². The fourth-order valence-electron chi connectivity index (χ4n) is 12.5. The molecule has 0 radical (unpaired) electrons. The molecule has 0 bridgehead atoms. The molecule has 0 aromatic heterocycles. The average Bonchev–Trinajstić information content (AvgIpc) is 1.72. The Balaban J connectivity index is 0.000000152.